The van der Waals surface area contributed by atoms with Crippen LogP contribution in [0.2, 0.25) is 0 Å². The molecule has 0 spiro atoms. The summed E-state index contributed by atoms with van der Waals surface area (Å²) in [5.41, 5.74) is 4.45. The zero-order valence-corrected chi connectivity index (χ0v) is 34.8. The second kappa shape index (κ2) is 20.3. The van der Waals surface area contributed by atoms with Crippen LogP contribution in [0.15, 0.2) is 168 Å². The Morgan fingerprint density at radius 2 is 0.766 bits per heavy atom. The first-order chi connectivity index (χ1) is 31.2. The van der Waals surface area contributed by atoms with Gasteiger partial charge in [0.25, 0.3) is 10.1 Å². The Balaban J connectivity index is 1.05. The maximum atomic E-state index is 12.8. The van der Waals surface area contributed by atoms with Crippen LogP contribution in [0.5, 0.6) is 0 Å². The second-order valence-electron chi connectivity index (χ2n) is 13.4. The van der Waals surface area contributed by atoms with E-state index in [2.05, 4.69) is 66.8 Å². The minimum Gasteiger partial charge on any atom is -0.324 e. The second-order valence-corrected chi connectivity index (χ2v) is 15.5. The Bertz CT molecular complexity index is 2860. The predicted octanol–water partition coefficient (Wildman–Crippen LogP) is 10.4. The van der Waals surface area contributed by atoms with Crippen LogP contribution < -0.4 is 31.9 Å². The van der Waals surface area contributed by atoms with Gasteiger partial charge in [-0.15, -0.1) is 4.33 Å². The van der Waals surface area contributed by atoms with Crippen LogP contribution in [0.4, 0.5) is 69.8 Å². The minimum atomic E-state index is -4.75. The molecule has 2 heterocycles. The molecule has 0 radical (unpaired) electrons. The molecule has 20 heteroatoms. The molecule has 8 aromatic rings. The summed E-state index contributed by atoms with van der Waals surface area (Å²) < 4.78 is 40.8. The van der Waals surface area contributed by atoms with Gasteiger partial charge < -0.3 is 31.9 Å². The number of hydrogen-bond acceptors (Lipinski definition) is 18. The third kappa shape index (κ3) is 11.9. The predicted molar refractivity (Wildman–Crippen MR) is 247 cm³/mol. The molecule has 2 aromatic heterocycles. The molecule has 6 aromatic carbocycles. The van der Waals surface area contributed by atoms with Crippen molar-refractivity contribution in [1.29, 1.82) is 0 Å². The van der Waals surface area contributed by atoms with Crippen LogP contribution in [0.3, 0.4) is 0 Å². The molecule has 64 heavy (non-hydrogen) atoms. The van der Waals surface area contributed by atoms with Crippen molar-refractivity contribution >= 4 is 104 Å². The molecule has 0 atom stereocenters. The standard InChI is InChI=1S/C44H36N12O6S2/c57-61-62-63-37-27-35(49-43-53-39(45-31-13-5-1-6-14-31)51-40(54-43)46-32-15-7-2-8-16-32)25-23-29(37)21-22-30-24-26-36(28-38(30)64(58,59)60)50-44-55-41(47-33-17-9-3-10-18-33)52-42(56-44)48-34-19-11-4-12-20-34/h1-28,57H,(H,58,59,60)(H3,45,46,49,51,53,54)(H3,47,48,50,52,55,56). The molecule has 0 aliphatic carbocycles. The number of rotatable bonds is 18. The van der Waals surface area contributed by atoms with Crippen LogP contribution in [-0.2, 0) is 19.5 Å². The van der Waals surface area contributed by atoms with E-state index < -0.39 is 15.0 Å². The van der Waals surface area contributed by atoms with E-state index in [9.17, 15) is 13.0 Å². The first kappa shape index (κ1) is 42.7. The summed E-state index contributed by atoms with van der Waals surface area (Å²) in [6, 6.07) is 47.0. The lowest BCUT2D eigenvalue weighted by Crippen LogP contribution is -2.08. The van der Waals surface area contributed by atoms with Crippen LogP contribution >= 0.6 is 12.0 Å². The molecule has 320 valence electrons. The van der Waals surface area contributed by atoms with E-state index in [0.29, 0.717) is 28.2 Å². The molecule has 18 nitrogen and oxygen atoms in total. The minimum absolute atomic E-state index is 0.0856. The third-order valence-electron chi connectivity index (χ3n) is 8.80. The molecule has 8 N–H and O–H groups in total. The van der Waals surface area contributed by atoms with Crippen LogP contribution in [-0.4, -0.2) is 48.1 Å². The SMILES string of the molecule is O=S(=O)(O)c1cc(Nc2nc(Nc3ccccc3)nc(Nc3ccccc3)n2)ccc1C=Cc1ccc(Nc2nc(Nc3ccccc3)nc(Nc3ccccc3)n2)cc1SOOO. The fourth-order valence-corrected chi connectivity index (χ4v) is 7.20. The number of benzene rings is 6. The fraction of sp³-hybridized carbons (Fsp3) is 0. The summed E-state index contributed by atoms with van der Waals surface area (Å²) in [4.78, 5) is 27.2. The topological polar surface area (TPSA) is 243 Å². The number of anilines is 12. The Morgan fingerprint density at radius 3 is 1.12 bits per heavy atom. The maximum absolute atomic E-state index is 12.8. The van der Waals surface area contributed by atoms with Gasteiger partial charge in [0.15, 0.2) is 0 Å². The van der Waals surface area contributed by atoms with Gasteiger partial charge in [-0.1, -0.05) is 102 Å². The molecule has 8 rings (SSSR count). The van der Waals surface area contributed by atoms with Gasteiger partial charge in [0.2, 0.25) is 35.7 Å². The summed E-state index contributed by atoms with van der Waals surface area (Å²) in [6.07, 6.45) is 3.10. The summed E-state index contributed by atoms with van der Waals surface area (Å²) in [5, 5.41) is 31.8. The number of aromatic nitrogens is 6. The Morgan fingerprint density at radius 1 is 0.438 bits per heavy atom. The van der Waals surface area contributed by atoms with E-state index in [4.69, 9.17) is 9.59 Å². The lowest BCUT2D eigenvalue weighted by atomic mass is 10.1. The van der Waals surface area contributed by atoms with Crippen molar-refractivity contribution in [3.05, 3.63) is 169 Å². The highest BCUT2D eigenvalue weighted by Gasteiger charge is 2.17. The van der Waals surface area contributed by atoms with E-state index in [-0.39, 0.29) is 46.9 Å². The van der Waals surface area contributed by atoms with Crippen molar-refractivity contribution in [2.24, 2.45) is 0 Å². The molecular weight excluding hydrogens is 857 g/mol. The zero-order chi connectivity index (χ0) is 44.1. The van der Waals surface area contributed by atoms with Gasteiger partial charge in [-0.3, -0.25) is 4.55 Å². The van der Waals surface area contributed by atoms with Crippen molar-refractivity contribution in [1.82, 2.24) is 29.9 Å². The monoisotopic (exact) mass is 892 g/mol. The zero-order valence-electron chi connectivity index (χ0n) is 33.2. The van der Waals surface area contributed by atoms with Crippen molar-refractivity contribution in [3.63, 3.8) is 0 Å². The lowest BCUT2D eigenvalue weighted by Gasteiger charge is -2.13. The van der Waals surface area contributed by atoms with Gasteiger partial charge in [-0.05, 0) is 83.9 Å². The van der Waals surface area contributed by atoms with Crippen molar-refractivity contribution < 1.29 is 27.6 Å². The number of nitrogens with one attached hydrogen (secondary N) is 6. The number of para-hydroxylation sites is 4. The summed E-state index contributed by atoms with van der Waals surface area (Å²) in [5.74, 6) is 1.25. The normalized spacial score (nSPS) is 11.2. The maximum Gasteiger partial charge on any atom is 0.295 e. The van der Waals surface area contributed by atoms with Gasteiger partial charge in [0.1, 0.15) is 4.90 Å². The van der Waals surface area contributed by atoms with Gasteiger partial charge in [-0.2, -0.15) is 38.3 Å². The molecule has 0 saturated carbocycles. The van der Waals surface area contributed by atoms with Crippen LogP contribution in [0.25, 0.3) is 12.2 Å². The van der Waals surface area contributed by atoms with Crippen molar-refractivity contribution in [3.8, 4) is 0 Å². The fourth-order valence-electron chi connectivity index (χ4n) is 5.97. The van der Waals surface area contributed by atoms with Crippen LogP contribution in [0.1, 0.15) is 11.1 Å². The molecule has 0 bridgehead atoms. The molecule has 0 fully saturated rings. The summed E-state index contributed by atoms with van der Waals surface area (Å²) in [7, 11) is -4.75. The Hall–Kier alpha value is -7.98. The Labute approximate surface area is 370 Å². The van der Waals surface area contributed by atoms with Crippen molar-refractivity contribution in [2.75, 3.05) is 31.9 Å². The largest absolute Gasteiger partial charge is 0.324 e. The first-order valence-corrected chi connectivity index (χ1v) is 21.3. The molecule has 0 aliphatic rings. The first-order valence-electron chi connectivity index (χ1n) is 19.2. The highest BCUT2D eigenvalue weighted by molar-refractivity contribution is 7.94. The quantitative estimate of drug-likeness (QED) is 0.0131. The molecular formula is C44H36N12O6S2. The van der Waals surface area contributed by atoms with Gasteiger partial charge in [-0.25, -0.2) is 5.26 Å². The highest BCUT2D eigenvalue weighted by atomic mass is 32.2. The van der Waals surface area contributed by atoms with E-state index >= 15 is 0 Å². The molecule has 0 unspecified atom stereocenters. The average Bonchev–Trinajstić information content (AvgIpc) is 3.29. The molecule has 0 aliphatic heterocycles. The molecule has 0 amide bonds. The van der Waals surface area contributed by atoms with E-state index in [1.165, 1.54) is 18.2 Å². The Kier molecular flexibility index (Phi) is 13.5. The lowest BCUT2D eigenvalue weighted by molar-refractivity contribution is -0.432. The van der Waals surface area contributed by atoms with E-state index in [0.717, 1.165) is 22.7 Å². The third-order valence-corrected chi connectivity index (χ3v) is 10.4. The van der Waals surface area contributed by atoms with E-state index in [1.807, 2.05) is 121 Å². The van der Waals surface area contributed by atoms with E-state index in [1.54, 1.807) is 30.3 Å². The average molecular weight is 893 g/mol. The van der Waals surface area contributed by atoms with Gasteiger partial charge in [0.05, 0.1) is 12.0 Å². The summed E-state index contributed by atoms with van der Waals surface area (Å²) >= 11 is 0.685. The number of nitrogens with zero attached hydrogens (tertiary/aromatic N) is 6. The van der Waals surface area contributed by atoms with Gasteiger partial charge >= 0.3 is 0 Å². The van der Waals surface area contributed by atoms with Gasteiger partial charge in [0, 0.05) is 39.0 Å². The molecule has 0 saturated heterocycles. The smallest absolute Gasteiger partial charge is 0.295 e. The van der Waals surface area contributed by atoms with Crippen molar-refractivity contribution in [2.45, 2.75) is 9.79 Å². The number of hydrogen-bond donors (Lipinski definition) is 8. The van der Waals surface area contributed by atoms with Crippen LogP contribution in [0, 0.1) is 0 Å². The highest BCUT2D eigenvalue weighted by Crippen LogP contribution is 2.32. The summed E-state index contributed by atoms with van der Waals surface area (Å²) in [6.45, 7) is 0.